The summed E-state index contributed by atoms with van der Waals surface area (Å²) in [6.45, 7) is 2.52. The number of piperidine rings is 2. The van der Waals surface area contributed by atoms with Crippen molar-refractivity contribution < 1.29 is 9.18 Å². The highest BCUT2D eigenvalue weighted by atomic mass is 19.1. The van der Waals surface area contributed by atoms with Crippen molar-refractivity contribution in [2.75, 3.05) is 11.9 Å². The number of hydrogen-bond acceptors (Lipinski definition) is 6. The van der Waals surface area contributed by atoms with E-state index in [9.17, 15) is 9.18 Å². The summed E-state index contributed by atoms with van der Waals surface area (Å²) in [5.41, 5.74) is 1.30. The van der Waals surface area contributed by atoms with Crippen molar-refractivity contribution >= 4 is 11.7 Å². The minimum atomic E-state index is -0.551. The van der Waals surface area contributed by atoms with Gasteiger partial charge >= 0.3 is 0 Å². The van der Waals surface area contributed by atoms with Gasteiger partial charge in [0.05, 0.1) is 29.7 Å². The zero-order chi connectivity index (χ0) is 21.4. The molecule has 3 aromatic rings. The Hall–Kier alpha value is -3.42. The number of fused-ring (bicyclic) bond motifs is 3. The Balaban J connectivity index is 1.45. The first-order valence-electron chi connectivity index (χ1n) is 10.5. The van der Waals surface area contributed by atoms with Gasteiger partial charge in [-0.3, -0.25) is 9.78 Å². The van der Waals surface area contributed by atoms with Gasteiger partial charge in [0.1, 0.15) is 11.6 Å². The van der Waals surface area contributed by atoms with Crippen LogP contribution in [0.2, 0.25) is 0 Å². The number of benzene rings is 1. The number of halogens is 1. The molecule has 31 heavy (non-hydrogen) atoms. The van der Waals surface area contributed by atoms with E-state index in [2.05, 4.69) is 25.3 Å². The molecule has 0 radical (unpaired) electrons. The standard InChI is InChI=1S/C23H23FN6O/c1-14-11-28-20(12-27-14)29-18-10-15-6-7-19(18)30(13-15)23(31)21-16(4-2-5-17(21)24)22-25-8-3-9-26-22/h2-5,8-9,11-12,15,18-19H,6-7,10,13H2,1H3,(H,28,29). The predicted molar refractivity (Wildman–Crippen MR) is 114 cm³/mol. The quantitative estimate of drug-likeness (QED) is 0.698. The first-order valence-corrected chi connectivity index (χ1v) is 10.5. The van der Waals surface area contributed by atoms with Crippen molar-refractivity contribution in [3.8, 4) is 11.4 Å². The van der Waals surface area contributed by atoms with Crippen LogP contribution < -0.4 is 5.32 Å². The number of carbonyl (C=O) groups is 1. The lowest BCUT2D eigenvalue weighted by atomic mass is 9.76. The molecule has 1 aliphatic carbocycles. The van der Waals surface area contributed by atoms with Crippen LogP contribution in [0.5, 0.6) is 0 Å². The van der Waals surface area contributed by atoms with E-state index in [1.54, 1.807) is 43.0 Å². The smallest absolute Gasteiger partial charge is 0.257 e. The van der Waals surface area contributed by atoms with Crippen LogP contribution in [-0.4, -0.2) is 49.4 Å². The maximum atomic E-state index is 14.9. The molecule has 158 valence electrons. The molecule has 2 aliphatic heterocycles. The van der Waals surface area contributed by atoms with Gasteiger partial charge in [0.15, 0.2) is 5.82 Å². The topological polar surface area (TPSA) is 83.9 Å². The third-order valence-corrected chi connectivity index (χ3v) is 6.19. The summed E-state index contributed by atoms with van der Waals surface area (Å²) in [5.74, 6) is 0.548. The van der Waals surface area contributed by atoms with Gasteiger partial charge in [0, 0.05) is 30.5 Å². The van der Waals surface area contributed by atoms with Gasteiger partial charge in [-0.15, -0.1) is 0 Å². The molecule has 4 heterocycles. The van der Waals surface area contributed by atoms with Crippen molar-refractivity contribution in [2.24, 2.45) is 5.92 Å². The van der Waals surface area contributed by atoms with Gasteiger partial charge in [0.25, 0.3) is 5.91 Å². The SMILES string of the molecule is Cc1cnc(NC2CC3CCC2N(C(=O)c2c(F)cccc2-c2ncccn2)C3)cn1. The predicted octanol–water partition coefficient (Wildman–Crippen LogP) is 3.49. The van der Waals surface area contributed by atoms with Crippen molar-refractivity contribution in [2.45, 2.75) is 38.3 Å². The monoisotopic (exact) mass is 418 g/mol. The second kappa shape index (κ2) is 8.02. The first-order chi connectivity index (χ1) is 15.1. The van der Waals surface area contributed by atoms with Crippen LogP contribution in [-0.2, 0) is 0 Å². The normalized spacial score (nSPS) is 22.4. The first kappa shape index (κ1) is 19.5. The molecule has 7 nitrogen and oxygen atoms in total. The van der Waals surface area contributed by atoms with Gasteiger partial charge < -0.3 is 10.2 Å². The molecule has 2 aromatic heterocycles. The van der Waals surface area contributed by atoms with E-state index in [0.717, 1.165) is 25.0 Å². The van der Waals surface area contributed by atoms with Gasteiger partial charge in [-0.05, 0) is 44.2 Å². The lowest BCUT2D eigenvalue weighted by molar-refractivity contribution is 0.0278. The number of aryl methyl sites for hydroxylation is 1. The van der Waals surface area contributed by atoms with Crippen molar-refractivity contribution in [3.05, 3.63) is 66.1 Å². The maximum absolute atomic E-state index is 14.9. The molecule has 3 aliphatic rings. The molecule has 3 fully saturated rings. The molecular formula is C23H23FN6O. The van der Waals surface area contributed by atoms with E-state index in [0.29, 0.717) is 29.7 Å². The average molecular weight is 418 g/mol. The number of aromatic nitrogens is 4. The molecule has 2 saturated heterocycles. The summed E-state index contributed by atoms with van der Waals surface area (Å²) in [6, 6.07) is 6.31. The van der Waals surface area contributed by atoms with E-state index in [1.165, 1.54) is 6.07 Å². The number of anilines is 1. The Labute approximate surface area is 179 Å². The Morgan fingerprint density at radius 1 is 1.10 bits per heavy atom. The zero-order valence-electron chi connectivity index (χ0n) is 17.2. The lowest BCUT2D eigenvalue weighted by Crippen LogP contribution is -2.60. The van der Waals surface area contributed by atoms with Gasteiger partial charge in [-0.1, -0.05) is 12.1 Å². The van der Waals surface area contributed by atoms with E-state index >= 15 is 0 Å². The highest BCUT2D eigenvalue weighted by Crippen LogP contribution is 2.38. The number of nitrogens with zero attached hydrogens (tertiary/aromatic N) is 5. The highest BCUT2D eigenvalue weighted by molar-refractivity contribution is 6.00. The van der Waals surface area contributed by atoms with Crippen LogP contribution in [0.25, 0.3) is 11.4 Å². The molecule has 1 amide bonds. The van der Waals surface area contributed by atoms with Crippen molar-refractivity contribution in [1.82, 2.24) is 24.8 Å². The van der Waals surface area contributed by atoms with Crippen LogP contribution in [0.1, 0.15) is 35.3 Å². The third-order valence-electron chi connectivity index (χ3n) is 6.19. The Bertz CT molecular complexity index is 1090. The maximum Gasteiger partial charge on any atom is 0.257 e. The molecule has 1 saturated carbocycles. The molecule has 8 heteroatoms. The fourth-order valence-corrected chi connectivity index (χ4v) is 4.75. The van der Waals surface area contributed by atoms with Crippen molar-refractivity contribution in [3.63, 3.8) is 0 Å². The molecule has 3 atom stereocenters. The van der Waals surface area contributed by atoms with E-state index in [4.69, 9.17) is 0 Å². The van der Waals surface area contributed by atoms with Gasteiger partial charge in [0.2, 0.25) is 0 Å². The fourth-order valence-electron chi connectivity index (χ4n) is 4.75. The summed E-state index contributed by atoms with van der Waals surface area (Å²) >= 11 is 0. The van der Waals surface area contributed by atoms with Crippen LogP contribution >= 0.6 is 0 Å². The molecular weight excluding hydrogens is 395 g/mol. The minimum absolute atomic E-state index is 0.0372. The Kier molecular flexibility index (Phi) is 5.05. The molecule has 2 bridgehead atoms. The van der Waals surface area contributed by atoms with Gasteiger partial charge in [-0.25, -0.2) is 19.3 Å². The molecule has 1 aromatic carbocycles. The molecule has 3 unspecified atom stereocenters. The number of hydrogen-bond donors (Lipinski definition) is 1. The second-order valence-electron chi connectivity index (χ2n) is 8.23. The number of carbonyl (C=O) groups excluding carboxylic acids is 1. The summed E-state index contributed by atoms with van der Waals surface area (Å²) in [4.78, 5) is 32.6. The largest absolute Gasteiger partial charge is 0.364 e. The van der Waals surface area contributed by atoms with Crippen molar-refractivity contribution in [1.29, 1.82) is 0 Å². The van der Waals surface area contributed by atoms with Crippen LogP contribution in [0.4, 0.5) is 10.2 Å². The number of rotatable bonds is 4. The summed E-state index contributed by atoms with van der Waals surface area (Å²) in [7, 11) is 0. The number of nitrogens with one attached hydrogen (secondary N) is 1. The van der Waals surface area contributed by atoms with E-state index in [1.807, 2.05) is 11.8 Å². The highest BCUT2D eigenvalue weighted by Gasteiger charge is 2.44. The minimum Gasteiger partial charge on any atom is -0.364 e. The summed E-state index contributed by atoms with van der Waals surface area (Å²) < 4.78 is 14.9. The van der Waals surface area contributed by atoms with E-state index < -0.39 is 5.82 Å². The number of amides is 1. The second-order valence-corrected chi connectivity index (χ2v) is 8.23. The van der Waals surface area contributed by atoms with E-state index in [-0.39, 0.29) is 23.6 Å². The van der Waals surface area contributed by atoms with Crippen LogP contribution in [0, 0.1) is 18.7 Å². The third kappa shape index (κ3) is 3.73. The van der Waals surface area contributed by atoms with Crippen LogP contribution in [0.15, 0.2) is 49.1 Å². The molecule has 0 spiro atoms. The van der Waals surface area contributed by atoms with Crippen LogP contribution in [0.3, 0.4) is 0 Å². The average Bonchev–Trinajstić information content (AvgIpc) is 2.81. The summed E-state index contributed by atoms with van der Waals surface area (Å²) in [6.07, 6.45) is 9.51. The Morgan fingerprint density at radius 2 is 1.94 bits per heavy atom. The molecule has 1 N–H and O–H groups in total. The molecule has 6 rings (SSSR count). The lowest BCUT2D eigenvalue weighted by Gasteiger charge is -2.50. The van der Waals surface area contributed by atoms with Gasteiger partial charge in [-0.2, -0.15) is 0 Å². The summed E-state index contributed by atoms with van der Waals surface area (Å²) in [5, 5.41) is 3.45. The fraction of sp³-hybridized carbons (Fsp3) is 0.348. The zero-order valence-corrected chi connectivity index (χ0v) is 17.2. The Morgan fingerprint density at radius 3 is 2.68 bits per heavy atom.